The maximum atomic E-state index is 13.2. The van der Waals surface area contributed by atoms with Crippen molar-refractivity contribution in [2.24, 2.45) is 23.0 Å². The SMILES string of the molecule is CC(C)CCN(C(=O)C1(C(N)=S)CC(C)C1)C1CCCC1. The van der Waals surface area contributed by atoms with Gasteiger partial charge in [-0.3, -0.25) is 4.79 Å². The molecule has 0 bridgehead atoms. The lowest BCUT2D eigenvalue weighted by Crippen LogP contribution is -2.58. The highest BCUT2D eigenvalue weighted by Gasteiger charge is 2.53. The van der Waals surface area contributed by atoms with E-state index in [0.717, 1.165) is 38.6 Å². The molecule has 0 saturated heterocycles. The number of rotatable bonds is 6. The minimum absolute atomic E-state index is 0.223. The van der Waals surface area contributed by atoms with Gasteiger partial charge in [0.1, 0.15) is 0 Å². The van der Waals surface area contributed by atoms with Crippen molar-refractivity contribution >= 4 is 23.1 Å². The Morgan fingerprint density at radius 3 is 2.33 bits per heavy atom. The molecule has 2 saturated carbocycles. The van der Waals surface area contributed by atoms with Crippen LogP contribution in [0.1, 0.15) is 65.7 Å². The third-order valence-electron chi connectivity index (χ3n) is 5.25. The Morgan fingerprint density at radius 1 is 1.33 bits per heavy atom. The van der Waals surface area contributed by atoms with Gasteiger partial charge in [-0.1, -0.05) is 45.8 Å². The zero-order valence-corrected chi connectivity index (χ0v) is 14.5. The monoisotopic (exact) mass is 310 g/mol. The molecule has 0 aromatic rings. The van der Waals surface area contributed by atoms with Gasteiger partial charge in [0.2, 0.25) is 5.91 Å². The largest absolute Gasteiger partial charge is 0.392 e. The summed E-state index contributed by atoms with van der Waals surface area (Å²) in [5, 5.41) is 0. The van der Waals surface area contributed by atoms with Gasteiger partial charge < -0.3 is 10.6 Å². The summed E-state index contributed by atoms with van der Waals surface area (Å²) in [7, 11) is 0. The molecule has 0 spiro atoms. The first-order valence-corrected chi connectivity index (χ1v) is 8.88. The van der Waals surface area contributed by atoms with Crippen molar-refractivity contribution in [3.63, 3.8) is 0 Å². The number of hydrogen-bond donors (Lipinski definition) is 1. The van der Waals surface area contributed by atoms with Crippen LogP contribution < -0.4 is 5.73 Å². The van der Waals surface area contributed by atoms with Crippen LogP contribution in [0.3, 0.4) is 0 Å². The van der Waals surface area contributed by atoms with Crippen LogP contribution in [-0.4, -0.2) is 28.4 Å². The highest BCUT2D eigenvalue weighted by atomic mass is 32.1. The number of nitrogens with two attached hydrogens (primary N) is 1. The molecule has 0 unspecified atom stereocenters. The zero-order valence-electron chi connectivity index (χ0n) is 13.7. The van der Waals surface area contributed by atoms with E-state index in [1.165, 1.54) is 12.8 Å². The number of nitrogens with zero attached hydrogens (tertiary/aromatic N) is 1. The topological polar surface area (TPSA) is 46.3 Å². The first-order valence-electron chi connectivity index (χ1n) is 8.48. The molecule has 1 amide bonds. The van der Waals surface area contributed by atoms with E-state index < -0.39 is 5.41 Å². The lowest BCUT2D eigenvalue weighted by Gasteiger charge is -2.48. The minimum Gasteiger partial charge on any atom is -0.392 e. The van der Waals surface area contributed by atoms with Gasteiger partial charge in [-0.05, 0) is 43.9 Å². The van der Waals surface area contributed by atoms with Crippen LogP contribution in [0.25, 0.3) is 0 Å². The molecule has 120 valence electrons. The average Bonchev–Trinajstić information content (AvgIpc) is 2.87. The van der Waals surface area contributed by atoms with Crippen LogP contribution >= 0.6 is 12.2 Å². The summed E-state index contributed by atoms with van der Waals surface area (Å²) < 4.78 is 0. The molecule has 2 aliphatic rings. The molecule has 21 heavy (non-hydrogen) atoms. The quantitative estimate of drug-likeness (QED) is 0.764. The Bertz CT molecular complexity index is 396. The fourth-order valence-electron chi connectivity index (χ4n) is 3.95. The van der Waals surface area contributed by atoms with Gasteiger partial charge in [0, 0.05) is 12.6 Å². The van der Waals surface area contributed by atoms with Gasteiger partial charge in [0.25, 0.3) is 0 Å². The number of thiocarbonyl (C=S) groups is 1. The maximum Gasteiger partial charge on any atom is 0.235 e. The predicted octanol–water partition coefficient (Wildman–Crippen LogP) is 3.51. The summed E-state index contributed by atoms with van der Waals surface area (Å²) in [5.74, 6) is 1.40. The van der Waals surface area contributed by atoms with Crippen LogP contribution in [0.4, 0.5) is 0 Å². The molecule has 2 aliphatic carbocycles. The number of amides is 1. The summed E-state index contributed by atoms with van der Waals surface area (Å²) in [6.07, 6.45) is 7.52. The summed E-state index contributed by atoms with van der Waals surface area (Å²) in [5.41, 5.74) is 5.44. The predicted molar refractivity (Wildman–Crippen MR) is 91.0 cm³/mol. The van der Waals surface area contributed by atoms with E-state index in [4.69, 9.17) is 18.0 Å². The molecule has 0 aliphatic heterocycles. The second kappa shape index (κ2) is 6.64. The third-order valence-corrected chi connectivity index (χ3v) is 5.64. The maximum absolute atomic E-state index is 13.2. The molecule has 4 heteroatoms. The molecule has 0 radical (unpaired) electrons. The second-order valence-electron chi connectivity index (χ2n) is 7.58. The highest BCUT2D eigenvalue weighted by molar-refractivity contribution is 7.80. The minimum atomic E-state index is -0.533. The van der Waals surface area contributed by atoms with E-state index in [9.17, 15) is 4.79 Å². The Hall–Kier alpha value is -0.640. The van der Waals surface area contributed by atoms with Crippen molar-refractivity contribution in [2.75, 3.05) is 6.54 Å². The highest BCUT2D eigenvalue weighted by Crippen LogP contribution is 2.48. The molecule has 0 aromatic heterocycles. The van der Waals surface area contributed by atoms with Crippen molar-refractivity contribution < 1.29 is 4.79 Å². The van der Waals surface area contributed by atoms with Gasteiger partial charge in [0.15, 0.2) is 0 Å². The standard InChI is InChI=1S/C17H30N2OS/c1-12(2)8-9-19(14-6-4-5-7-14)16(20)17(15(18)21)10-13(3)11-17/h12-14H,4-11H2,1-3H3,(H2,18,21). The number of hydrogen-bond acceptors (Lipinski definition) is 2. The van der Waals surface area contributed by atoms with Crippen molar-refractivity contribution in [3.05, 3.63) is 0 Å². The lowest BCUT2D eigenvalue weighted by atomic mass is 9.61. The van der Waals surface area contributed by atoms with E-state index in [2.05, 4.69) is 25.7 Å². The summed E-state index contributed by atoms with van der Waals surface area (Å²) >= 11 is 5.27. The Balaban J connectivity index is 2.14. The van der Waals surface area contributed by atoms with Gasteiger partial charge in [-0.15, -0.1) is 0 Å². The van der Waals surface area contributed by atoms with Gasteiger partial charge in [-0.2, -0.15) is 0 Å². The summed E-state index contributed by atoms with van der Waals surface area (Å²) in [6, 6.07) is 0.415. The second-order valence-corrected chi connectivity index (χ2v) is 8.02. The van der Waals surface area contributed by atoms with Crippen LogP contribution in [-0.2, 0) is 4.79 Å². The zero-order chi connectivity index (χ0) is 15.6. The first-order chi connectivity index (χ1) is 9.86. The van der Waals surface area contributed by atoms with Crippen LogP contribution in [0.2, 0.25) is 0 Å². The summed E-state index contributed by atoms with van der Waals surface area (Å²) in [4.78, 5) is 15.7. The lowest BCUT2D eigenvalue weighted by molar-refractivity contribution is -0.146. The summed E-state index contributed by atoms with van der Waals surface area (Å²) in [6.45, 7) is 7.47. The average molecular weight is 311 g/mol. The normalized spacial score (nSPS) is 29.4. The van der Waals surface area contributed by atoms with Crippen molar-refractivity contribution in [1.82, 2.24) is 4.90 Å². The van der Waals surface area contributed by atoms with Crippen LogP contribution in [0.5, 0.6) is 0 Å². The van der Waals surface area contributed by atoms with E-state index >= 15 is 0 Å². The fraction of sp³-hybridized carbons (Fsp3) is 0.882. The van der Waals surface area contributed by atoms with E-state index in [-0.39, 0.29) is 5.91 Å². The van der Waals surface area contributed by atoms with Gasteiger partial charge >= 0.3 is 0 Å². The molecular formula is C17H30N2OS. The fourth-order valence-corrected chi connectivity index (χ4v) is 4.20. The Kier molecular flexibility index (Phi) is 5.29. The molecule has 3 nitrogen and oxygen atoms in total. The Labute approximate surface area is 134 Å². The van der Waals surface area contributed by atoms with Crippen LogP contribution in [0, 0.1) is 17.3 Å². The molecule has 0 atom stereocenters. The van der Waals surface area contributed by atoms with E-state index in [0.29, 0.717) is 22.9 Å². The smallest absolute Gasteiger partial charge is 0.235 e. The molecular weight excluding hydrogens is 280 g/mol. The number of carbonyl (C=O) groups is 1. The number of carbonyl (C=O) groups excluding carboxylic acids is 1. The molecule has 0 heterocycles. The van der Waals surface area contributed by atoms with Crippen molar-refractivity contribution in [2.45, 2.75) is 71.8 Å². The third kappa shape index (κ3) is 3.41. The molecule has 2 N–H and O–H groups in total. The van der Waals surface area contributed by atoms with E-state index in [1.54, 1.807) is 0 Å². The molecule has 2 fully saturated rings. The van der Waals surface area contributed by atoms with Gasteiger partial charge in [0.05, 0.1) is 10.4 Å². The first kappa shape index (κ1) is 16.7. The van der Waals surface area contributed by atoms with Crippen molar-refractivity contribution in [1.29, 1.82) is 0 Å². The molecule has 2 rings (SSSR count). The Morgan fingerprint density at radius 2 is 1.90 bits per heavy atom. The van der Waals surface area contributed by atoms with Gasteiger partial charge in [-0.25, -0.2) is 0 Å². The van der Waals surface area contributed by atoms with E-state index in [1.807, 2.05) is 0 Å². The van der Waals surface area contributed by atoms with Crippen LogP contribution in [0.15, 0.2) is 0 Å². The molecule has 0 aromatic carbocycles. The van der Waals surface area contributed by atoms with Crippen molar-refractivity contribution in [3.8, 4) is 0 Å².